The van der Waals surface area contributed by atoms with Crippen LogP contribution in [0.2, 0.25) is 0 Å². The number of ether oxygens (including phenoxy) is 2. The Hall–Kier alpha value is -2.52. The van der Waals surface area contributed by atoms with Crippen LogP contribution in [0.1, 0.15) is 32.1 Å². The average molecular weight is 363 g/mol. The first-order valence-electron chi connectivity index (χ1n) is 8.63. The minimum absolute atomic E-state index is 0.169. The van der Waals surface area contributed by atoms with Crippen LogP contribution in [-0.4, -0.2) is 41.8 Å². The molecule has 140 valence electrons. The summed E-state index contributed by atoms with van der Waals surface area (Å²) < 4.78 is 11.7. The molecule has 2 fully saturated rings. The van der Waals surface area contributed by atoms with Crippen molar-refractivity contribution < 1.29 is 24.0 Å². The van der Waals surface area contributed by atoms with Gasteiger partial charge in [-0.2, -0.15) is 0 Å². The number of non-ortho nitro benzene ring substituents is 1. The Bertz CT molecular complexity index is 701. The number of carbonyl (C=O) groups is 2. The summed E-state index contributed by atoms with van der Waals surface area (Å²) >= 11 is 0. The Labute approximate surface area is 150 Å². The van der Waals surface area contributed by atoms with Crippen molar-refractivity contribution in [3.63, 3.8) is 0 Å². The molecule has 1 unspecified atom stereocenters. The highest BCUT2D eigenvalue weighted by molar-refractivity contribution is 6.39. The number of nitrogens with zero attached hydrogens (tertiary/aromatic N) is 1. The van der Waals surface area contributed by atoms with Gasteiger partial charge < -0.3 is 20.1 Å². The van der Waals surface area contributed by atoms with E-state index in [4.69, 9.17) is 9.47 Å². The summed E-state index contributed by atoms with van der Waals surface area (Å²) in [6.07, 6.45) is 4.71. The van der Waals surface area contributed by atoms with Crippen LogP contribution in [-0.2, 0) is 19.1 Å². The molecule has 9 heteroatoms. The second-order valence-corrected chi connectivity index (χ2v) is 6.49. The third-order valence-electron chi connectivity index (χ3n) is 4.54. The summed E-state index contributed by atoms with van der Waals surface area (Å²) in [6, 6.07) is 5.39. The van der Waals surface area contributed by atoms with Crippen LogP contribution < -0.4 is 10.6 Å². The molecular formula is C17H21N3O6. The number of nitro groups is 1. The molecule has 1 aromatic rings. The van der Waals surface area contributed by atoms with E-state index in [-0.39, 0.29) is 24.0 Å². The number of nitro benzene ring substituents is 1. The van der Waals surface area contributed by atoms with Crippen LogP contribution in [0.5, 0.6) is 0 Å². The first-order chi connectivity index (χ1) is 12.5. The Morgan fingerprint density at radius 3 is 2.73 bits per heavy atom. The molecule has 1 aromatic carbocycles. The minimum Gasteiger partial charge on any atom is -0.347 e. The Balaban J connectivity index is 1.47. The predicted octanol–water partition coefficient (Wildman–Crippen LogP) is 1.73. The maximum atomic E-state index is 11.9. The quantitative estimate of drug-likeness (QED) is 0.477. The maximum absolute atomic E-state index is 11.9. The van der Waals surface area contributed by atoms with E-state index in [1.54, 1.807) is 0 Å². The van der Waals surface area contributed by atoms with E-state index in [0.717, 1.165) is 25.7 Å². The largest absolute Gasteiger partial charge is 0.347 e. The molecule has 0 aromatic heterocycles. The lowest BCUT2D eigenvalue weighted by Gasteiger charge is -2.31. The summed E-state index contributed by atoms with van der Waals surface area (Å²) in [5, 5.41) is 15.6. The summed E-state index contributed by atoms with van der Waals surface area (Å²) in [5.74, 6) is -2.25. The normalized spacial score (nSPS) is 21.3. The van der Waals surface area contributed by atoms with Crippen LogP contribution in [0.3, 0.4) is 0 Å². The van der Waals surface area contributed by atoms with Crippen LogP contribution in [0.4, 0.5) is 11.4 Å². The first kappa shape index (κ1) is 18.3. The molecule has 2 amide bonds. The molecule has 2 N–H and O–H groups in total. The van der Waals surface area contributed by atoms with Gasteiger partial charge in [-0.15, -0.1) is 0 Å². The Morgan fingerprint density at radius 1 is 1.23 bits per heavy atom. The smallest absolute Gasteiger partial charge is 0.313 e. The highest BCUT2D eigenvalue weighted by atomic mass is 16.7. The third-order valence-corrected chi connectivity index (χ3v) is 4.54. The molecule has 1 saturated carbocycles. The van der Waals surface area contributed by atoms with E-state index < -0.39 is 22.5 Å². The SMILES string of the molecule is O=C(NCC1COC2(CCCCC2)O1)C(=O)Nc1cccc([N+](=O)[O-])c1. The van der Waals surface area contributed by atoms with Crippen LogP contribution in [0.15, 0.2) is 24.3 Å². The van der Waals surface area contributed by atoms with Gasteiger partial charge in [0.05, 0.1) is 11.5 Å². The van der Waals surface area contributed by atoms with Crippen molar-refractivity contribution in [1.82, 2.24) is 5.32 Å². The predicted molar refractivity (Wildman–Crippen MR) is 91.4 cm³/mol. The van der Waals surface area contributed by atoms with Gasteiger partial charge in [-0.1, -0.05) is 12.5 Å². The number of rotatable bonds is 4. The summed E-state index contributed by atoms with van der Waals surface area (Å²) in [7, 11) is 0. The molecule has 1 spiro atoms. The van der Waals surface area contributed by atoms with E-state index in [2.05, 4.69) is 10.6 Å². The van der Waals surface area contributed by atoms with Crippen molar-refractivity contribution in [3.8, 4) is 0 Å². The summed E-state index contributed by atoms with van der Waals surface area (Å²) in [6.45, 7) is 0.551. The van der Waals surface area contributed by atoms with Gasteiger partial charge in [0.2, 0.25) is 0 Å². The van der Waals surface area contributed by atoms with Gasteiger partial charge in [-0.3, -0.25) is 19.7 Å². The van der Waals surface area contributed by atoms with E-state index in [1.807, 2.05) is 0 Å². The second-order valence-electron chi connectivity index (χ2n) is 6.49. The minimum atomic E-state index is -0.892. The molecule has 1 saturated heterocycles. The second kappa shape index (κ2) is 7.79. The number of benzene rings is 1. The molecule has 26 heavy (non-hydrogen) atoms. The van der Waals surface area contributed by atoms with Gasteiger partial charge in [0.15, 0.2) is 5.79 Å². The monoisotopic (exact) mass is 363 g/mol. The molecule has 1 heterocycles. The van der Waals surface area contributed by atoms with Crippen molar-refractivity contribution >= 4 is 23.2 Å². The number of amides is 2. The highest BCUT2D eigenvalue weighted by Crippen LogP contribution is 2.37. The molecule has 9 nitrogen and oxygen atoms in total. The summed E-state index contributed by atoms with van der Waals surface area (Å²) in [5.41, 5.74) is 0.0125. The molecule has 1 aliphatic heterocycles. The van der Waals surface area contributed by atoms with Gasteiger partial charge in [-0.05, 0) is 18.9 Å². The first-order valence-corrected chi connectivity index (χ1v) is 8.63. The summed E-state index contributed by atoms with van der Waals surface area (Å²) in [4.78, 5) is 34.0. The molecule has 1 aliphatic carbocycles. The molecule has 0 bridgehead atoms. The standard InChI is InChI=1S/C17H21N3O6/c21-15(16(22)19-12-5-4-6-13(9-12)20(23)24)18-10-14-11-25-17(26-14)7-2-1-3-8-17/h4-6,9,14H,1-3,7-8,10-11H2,(H,18,21)(H,19,22). The lowest BCUT2D eigenvalue weighted by atomic mass is 9.94. The molecular weight excluding hydrogens is 342 g/mol. The number of hydrogen-bond donors (Lipinski definition) is 2. The third kappa shape index (κ3) is 4.36. The van der Waals surface area contributed by atoms with Crippen LogP contribution >= 0.6 is 0 Å². The van der Waals surface area contributed by atoms with Crippen molar-refractivity contribution in [2.75, 3.05) is 18.5 Å². The number of anilines is 1. The molecule has 0 radical (unpaired) electrons. The fraction of sp³-hybridized carbons (Fsp3) is 0.529. The fourth-order valence-corrected chi connectivity index (χ4v) is 3.24. The van der Waals surface area contributed by atoms with Crippen LogP contribution in [0, 0.1) is 10.1 Å². The number of hydrogen-bond acceptors (Lipinski definition) is 6. The highest BCUT2D eigenvalue weighted by Gasteiger charge is 2.42. The number of nitrogens with one attached hydrogen (secondary N) is 2. The van der Waals surface area contributed by atoms with Gasteiger partial charge in [-0.25, -0.2) is 0 Å². The zero-order chi connectivity index (χ0) is 18.6. The Morgan fingerprint density at radius 2 is 2.00 bits per heavy atom. The van der Waals surface area contributed by atoms with E-state index in [1.165, 1.54) is 30.7 Å². The average Bonchev–Trinajstić information content (AvgIpc) is 3.02. The maximum Gasteiger partial charge on any atom is 0.313 e. The molecule has 1 atom stereocenters. The lowest BCUT2D eigenvalue weighted by Crippen LogP contribution is -2.41. The van der Waals surface area contributed by atoms with Crippen LogP contribution in [0.25, 0.3) is 0 Å². The molecule has 2 aliphatic rings. The number of carbonyl (C=O) groups excluding carboxylic acids is 2. The van der Waals surface area contributed by atoms with E-state index in [9.17, 15) is 19.7 Å². The van der Waals surface area contributed by atoms with Gasteiger partial charge >= 0.3 is 11.8 Å². The lowest BCUT2D eigenvalue weighted by molar-refractivity contribution is -0.384. The molecule has 3 rings (SSSR count). The van der Waals surface area contributed by atoms with Gasteiger partial charge in [0, 0.05) is 37.2 Å². The van der Waals surface area contributed by atoms with Gasteiger partial charge in [0.1, 0.15) is 6.10 Å². The topological polar surface area (TPSA) is 120 Å². The van der Waals surface area contributed by atoms with Crippen molar-refractivity contribution in [1.29, 1.82) is 0 Å². The zero-order valence-corrected chi connectivity index (χ0v) is 14.2. The fourth-order valence-electron chi connectivity index (χ4n) is 3.24. The van der Waals surface area contributed by atoms with Crippen molar-refractivity contribution in [3.05, 3.63) is 34.4 Å². The zero-order valence-electron chi connectivity index (χ0n) is 14.2. The van der Waals surface area contributed by atoms with E-state index >= 15 is 0 Å². The van der Waals surface area contributed by atoms with Crippen molar-refractivity contribution in [2.45, 2.75) is 44.0 Å². The van der Waals surface area contributed by atoms with Gasteiger partial charge in [0.25, 0.3) is 5.69 Å². The Kier molecular flexibility index (Phi) is 5.48. The van der Waals surface area contributed by atoms with E-state index in [0.29, 0.717) is 6.61 Å². The van der Waals surface area contributed by atoms with Crippen molar-refractivity contribution in [2.24, 2.45) is 0 Å².